The predicted octanol–water partition coefficient (Wildman–Crippen LogP) is 3.28. The van der Waals surface area contributed by atoms with E-state index < -0.39 is 5.60 Å². The van der Waals surface area contributed by atoms with Crippen molar-refractivity contribution < 1.29 is 9.53 Å². The normalized spacial score (nSPS) is 22.8. The molecule has 1 aliphatic carbocycles. The van der Waals surface area contributed by atoms with Gasteiger partial charge in [0.15, 0.2) is 0 Å². The second-order valence-corrected chi connectivity index (χ2v) is 7.35. The fourth-order valence-corrected chi connectivity index (χ4v) is 3.09. The lowest BCUT2D eigenvalue weighted by Gasteiger charge is -2.21. The average Bonchev–Trinajstić information content (AvgIpc) is 2.94. The standard InChI is InChI=1S/C15H24N2O2S/c1-15(2,3)19-14(18)17-12-7-6-11(9-12)16-10-13-5-4-8-20-13/h4-5,8,11-12,16H,6-7,9-10H2,1-3H3,(H,17,18). The van der Waals surface area contributed by atoms with Gasteiger partial charge in [0, 0.05) is 23.5 Å². The lowest BCUT2D eigenvalue weighted by Crippen LogP contribution is -2.38. The van der Waals surface area contributed by atoms with Gasteiger partial charge >= 0.3 is 6.09 Å². The molecule has 2 unspecified atom stereocenters. The van der Waals surface area contributed by atoms with E-state index in [9.17, 15) is 4.79 Å². The third-order valence-corrected chi connectivity index (χ3v) is 4.17. The lowest BCUT2D eigenvalue weighted by molar-refractivity contribution is 0.0505. The monoisotopic (exact) mass is 296 g/mol. The van der Waals surface area contributed by atoms with Crippen molar-refractivity contribution in [2.45, 2.75) is 64.3 Å². The van der Waals surface area contributed by atoms with E-state index >= 15 is 0 Å². The van der Waals surface area contributed by atoms with Crippen LogP contribution < -0.4 is 10.6 Å². The smallest absolute Gasteiger partial charge is 0.407 e. The maximum Gasteiger partial charge on any atom is 0.407 e. The van der Waals surface area contributed by atoms with E-state index in [2.05, 4.69) is 28.1 Å². The molecular weight excluding hydrogens is 272 g/mol. The first-order chi connectivity index (χ1) is 9.42. The zero-order valence-electron chi connectivity index (χ0n) is 12.4. The first-order valence-corrected chi connectivity index (χ1v) is 8.05. The maximum atomic E-state index is 11.7. The Morgan fingerprint density at radius 2 is 2.15 bits per heavy atom. The molecule has 0 aromatic carbocycles. The van der Waals surface area contributed by atoms with Crippen LogP contribution in [0.3, 0.4) is 0 Å². The second-order valence-electron chi connectivity index (χ2n) is 6.31. The summed E-state index contributed by atoms with van der Waals surface area (Å²) in [5.74, 6) is 0. The van der Waals surface area contributed by atoms with E-state index in [1.165, 1.54) is 4.88 Å². The Balaban J connectivity index is 1.68. The minimum absolute atomic E-state index is 0.227. The Hall–Kier alpha value is -1.07. The highest BCUT2D eigenvalue weighted by atomic mass is 32.1. The third-order valence-electron chi connectivity index (χ3n) is 3.30. The summed E-state index contributed by atoms with van der Waals surface area (Å²) in [6.45, 7) is 6.56. The van der Waals surface area contributed by atoms with Gasteiger partial charge in [0.25, 0.3) is 0 Å². The van der Waals surface area contributed by atoms with Crippen LogP contribution in [0.25, 0.3) is 0 Å². The van der Waals surface area contributed by atoms with Gasteiger partial charge in [0.05, 0.1) is 0 Å². The number of amides is 1. The first kappa shape index (κ1) is 15.3. The van der Waals surface area contributed by atoms with Gasteiger partial charge in [-0.1, -0.05) is 6.07 Å². The fourth-order valence-electron chi connectivity index (χ4n) is 2.43. The molecule has 1 aromatic heterocycles. The number of carbonyl (C=O) groups excluding carboxylic acids is 1. The molecule has 0 spiro atoms. The van der Waals surface area contributed by atoms with Crippen LogP contribution in [0.2, 0.25) is 0 Å². The first-order valence-electron chi connectivity index (χ1n) is 7.17. The van der Waals surface area contributed by atoms with E-state index in [-0.39, 0.29) is 12.1 Å². The highest BCUT2D eigenvalue weighted by molar-refractivity contribution is 7.09. The number of thiophene rings is 1. The summed E-state index contributed by atoms with van der Waals surface area (Å²) in [5, 5.41) is 8.61. The van der Waals surface area contributed by atoms with Crippen molar-refractivity contribution in [1.29, 1.82) is 0 Å². The second kappa shape index (κ2) is 6.59. The van der Waals surface area contributed by atoms with Crippen molar-refractivity contribution in [3.8, 4) is 0 Å². The SMILES string of the molecule is CC(C)(C)OC(=O)NC1CCC(NCc2cccs2)C1. The van der Waals surface area contributed by atoms with E-state index in [0.29, 0.717) is 6.04 Å². The summed E-state index contributed by atoms with van der Waals surface area (Å²) in [6, 6.07) is 4.93. The highest BCUT2D eigenvalue weighted by Crippen LogP contribution is 2.20. The van der Waals surface area contributed by atoms with Crippen LogP contribution in [0.1, 0.15) is 44.9 Å². The predicted molar refractivity (Wildman–Crippen MR) is 82.0 cm³/mol. The summed E-state index contributed by atoms with van der Waals surface area (Å²) in [6.07, 6.45) is 2.79. The van der Waals surface area contributed by atoms with Crippen molar-refractivity contribution in [2.24, 2.45) is 0 Å². The van der Waals surface area contributed by atoms with Crippen molar-refractivity contribution in [3.63, 3.8) is 0 Å². The number of carbonyl (C=O) groups is 1. The van der Waals surface area contributed by atoms with Crippen LogP contribution in [0.15, 0.2) is 17.5 Å². The third kappa shape index (κ3) is 5.13. The molecule has 1 aromatic rings. The Labute approximate surface area is 124 Å². The van der Waals surface area contributed by atoms with E-state index in [1.54, 1.807) is 11.3 Å². The van der Waals surface area contributed by atoms with E-state index in [1.807, 2.05) is 20.8 Å². The average molecular weight is 296 g/mol. The minimum Gasteiger partial charge on any atom is -0.444 e. The topological polar surface area (TPSA) is 50.4 Å². The van der Waals surface area contributed by atoms with Crippen molar-refractivity contribution in [3.05, 3.63) is 22.4 Å². The Morgan fingerprint density at radius 1 is 1.40 bits per heavy atom. The van der Waals surface area contributed by atoms with Crippen LogP contribution in [-0.2, 0) is 11.3 Å². The van der Waals surface area contributed by atoms with Gasteiger partial charge in [-0.3, -0.25) is 0 Å². The summed E-state index contributed by atoms with van der Waals surface area (Å²) in [5.41, 5.74) is -0.431. The molecule has 0 saturated heterocycles. The summed E-state index contributed by atoms with van der Waals surface area (Å²) >= 11 is 1.77. The Kier molecular flexibility index (Phi) is 5.05. The maximum absolute atomic E-state index is 11.7. The quantitative estimate of drug-likeness (QED) is 0.896. The number of nitrogens with one attached hydrogen (secondary N) is 2. The van der Waals surface area contributed by atoms with Gasteiger partial charge in [-0.2, -0.15) is 0 Å². The van der Waals surface area contributed by atoms with Crippen molar-refractivity contribution in [2.75, 3.05) is 0 Å². The van der Waals surface area contributed by atoms with E-state index in [4.69, 9.17) is 4.74 Å². The van der Waals surface area contributed by atoms with Gasteiger partial charge in [-0.25, -0.2) is 4.79 Å². The molecule has 0 radical (unpaired) electrons. The minimum atomic E-state index is -0.431. The van der Waals surface area contributed by atoms with Crippen LogP contribution in [-0.4, -0.2) is 23.8 Å². The molecule has 0 aliphatic heterocycles. The van der Waals surface area contributed by atoms with Crippen LogP contribution in [0.5, 0.6) is 0 Å². The molecule has 2 rings (SSSR count). The highest BCUT2D eigenvalue weighted by Gasteiger charge is 2.27. The number of hydrogen-bond acceptors (Lipinski definition) is 4. The number of alkyl carbamates (subject to hydrolysis) is 1. The molecule has 1 amide bonds. The van der Waals surface area contributed by atoms with Crippen LogP contribution >= 0.6 is 11.3 Å². The van der Waals surface area contributed by atoms with Gasteiger partial charge in [0.2, 0.25) is 0 Å². The molecule has 0 bridgehead atoms. The molecule has 5 heteroatoms. The molecule has 2 N–H and O–H groups in total. The zero-order valence-corrected chi connectivity index (χ0v) is 13.3. The van der Waals surface area contributed by atoms with Gasteiger partial charge in [-0.15, -0.1) is 11.3 Å². The lowest BCUT2D eigenvalue weighted by atomic mass is 10.2. The molecule has 20 heavy (non-hydrogen) atoms. The van der Waals surface area contributed by atoms with Crippen LogP contribution in [0.4, 0.5) is 4.79 Å². The Morgan fingerprint density at radius 3 is 2.80 bits per heavy atom. The largest absolute Gasteiger partial charge is 0.444 e. The van der Waals surface area contributed by atoms with Gasteiger partial charge in [-0.05, 0) is 51.5 Å². The molecular formula is C15H24N2O2S. The summed E-state index contributed by atoms with van der Waals surface area (Å²) < 4.78 is 5.28. The Bertz CT molecular complexity index is 426. The number of hydrogen-bond donors (Lipinski definition) is 2. The molecule has 1 aliphatic rings. The van der Waals surface area contributed by atoms with Crippen molar-refractivity contribution in [1.82, 2.24) is 10.6 Å². The number of ether oxygens (including phenoxy) is 1. The molecule has 1 fully saturated rings. The molecule has 2 atom stereocenters. The molecule has 1 heterocycles. The fraction of sp³-hybridized carbons (Fsp3) is 0.667. The van der Waals surface area contributed by atoms with Crippen LogP contribution in [0, 0.1) is 0 Å². The number of rotatable bonds is 4. The van der Waals surface area contributed by atoms with Gasteiger partial charge in [0.1, 0.15) is 5.60 Å². The molecule has 4 nitrogen and oxygen atoms in total. The van der Waals surface area contributed by atoms with Crippen molar-refractivity contribution >= 4 is 17.4 Å². The van der Waals surface area contributed by atoms with Gasteiger partial charge < -0.3 is 15.4 Å². The summed E-state index contributed by atoms with van der Waals surface area (Å²) in [4.78, 5) is 13.1. The van der Waals surface area contributed by atoms with E-state index in [0.717, 1.165) is 25.8 Å². The molecule has 1 saturated carbocycles. The zero-order chi connectivity index (χ0) is 14.6. The molecule has 112 valence electrons. The summed E-state index contributed by atoms with van der Waals surface area (Å²) in [7, 11) is 0.